The molecule has 1 aliphatic carbocycles. The van der Waals surface area contributed by atoms with Gasteiger partial charge in [0.15, 0.2) is 0 Å². The smallest absolute Gasteiger partial charge is 0.235 e. The Morgan fingerprint density at radius 2 is 1.66 bits per heavy atom. The summed E-state index contributed by atoms with van der Waals surface area (Å²) in [5.41, 5.74) is 3.05. The Kier molecular flexibility index (Phi) is 6.80. The van der Waals surface area contributed by atoms with Crippen LogP contribution in [0.2, 0.25) is 10.0 Å². The highest BCUT2D eigenvalue weighted by atomic mass is 35.5. The van der Waals surface area contributed by atoms with Crippen molar-refractivity contribution in [2.75, 3.05) is 5.32 Å². The van der Waals surface area contributed by atoms with Crippen LogP contribution in [0.1, 0.15) is 62.6 Å². The second kappa shape index (κ2) is 8.97. The van der Waals surface area contributed by atoms with E-state index in [0.717, 1.165) is 60.2 Å². The average molecular weight is 434 g/mol. The van der Waals surface area contributed by atoms with Gasteiger partial charge in [-0.1, -0.05) is 48.5 Å². The summed E-state index contributed by atoms with van der Waals surface area (Å²) in [6, 6.07) is 9.41. The maximum Gasteiger partial charge on any atom is 0.235 e. The van der Waals surface area contributed by atoms with E-state index in [4.69, 9.17) is 27.9 Å². The quantitative estimate of drug-likeness (QED) is 0.539. The average Bonchev–Trinajstić information content (AvgIpc) is 2.65. The van der Waals surface area contributed by atoms with Gasteiger partial charge >= 0.3 is 0 Å². The first kappa shape index (κ1) is 22.0. The third-order valence-corrected chi connectivity index (χ3v) is 6.21. The first-order chi connectivity index (χ1) is 13.7. The Morgan fingerprint density at radius 1 is 1.03 bits per heavy atom. The highest BCUT2D eigenvalue weighted by Crippen LogP contribution is 2.44. The second-order valence-electron chi connectivity index (χ2n) is 8.33. The number of anilines is 1. The lowest BCUT2D eigenvalue weighted by atomic mass is 9.68. The van der Waals surface area contributed by atoms with Crippen LogP contribution >= 0.6 is 23.2 Å². The SMILES string of the molecule is Cc1cc(NC(=O)C2(c3ccc(Cl)cc3Cl)CCCCC2)cc(C)c1OC(C)C. The zero-order chi connectivity index (χ0) is 21.2. The van der Waals surface area contributed by atoms with E-state index in [1.54, 1.807) is 6.07 Å². The highest BCUT2D eigenvalue weighted by molar-refractivity contribution is 6.35. The Balaban J connectivity index is 1.94. The Hall–Kier alpha value is -1.71. The molecule has 2 aromatic carbocycles. The van der Waals surface area contributed by atoms with E-state index in [1.165, 1.54) is 0 Å². The van der Waals surface area contributed by atoms with Gasteiger partial charge in [0.1, 0.15) is 5.75 Å². The van der Waals surface area contributed by atoms with Gasteiger partial charge in [0.25, 0.3) is 0 Å². The number of aryl methyl sites for hydroxylation is 2. The molecule has 3 rings (SSSR count). The maximum atomic E-state index is 13.6. The van der Waals surface area contributed by atoms with Gasteiger partial charge in [-0.2, -0.15) is 0 Å². The molecule has 0 heterocycles. The lowest BCUT2D eigenvalue weighted by molar-refractivity contribution is -0.122. The number of hydrogen-bond donors (Lipinski definition) is 1. The molecule has 29 heavy (non-hydrogen) atoms. The number of amides is 1. The van der Waals surface area contributed by atoms with Crippen molar-refractivity contribution in [3.8, 4) is 5.75 Å². The largest absolute Gasteiger partial charge is 0.490 e. The summed E-state index contributed by atoms with van der Waals surface area (Å²) in [5, 5.41) is 4.31. The van der Waals surface area contributed by atoms with Crippen LogP contribution < -0.4 is 10.1 Å². The normalized spacial score (nSPS) is 16.0. The summed E-state index contributed by atoms with van der Waals surface area (Å²) in [6.45, 7) is 8.04. The van der Waals surface area contributed by atoms with Gasteiger partial charge in [-0.25, -0.2) is 0 Å². The molecule has 1 fully saturated rings. The van der Waals surface area contributed by atoms with E-state index >= 15 is 0 Å². The minimum Gasteiger partial charge on any atom is -0.490 e. The van der Waals surface area contributed by atoms with E-state index in [1.807, 2.05) is 52.0 Å². The first-order valence-electron chi connectivity index (χ1n) is 10.3. The van der Waals surface area contributed by atoms with Crippen LogP contribution in [0.3, 0.4) is 0 Å². The molecule has 0 atom stereocenters. The second-order valence-corrected chi connectivity index (χ2v) is 9.17. The summed E-state index contributed by atoms with van der Waals surface area (Å²) in [7, 11) is 0. The molecule has 0 saturated heterocycles. The predicted molar refractivity (Wildman–Crippen MR) is 122 cm³/mol. The fraction of sp³-hybridized carbons (Fsp3) is 0.458. The third kappa shape index (κ3) is 4.73. The van der Waals surface area contributed by atoms with Crippen molar-refractivity contribution in [1.29, 1.82) is 0 Å². The number of carbonyl (C=O) groups excluding carboxylic acids is 1. The Bertz CT molecular complexity index is 879. The van der Waals surface area contributed by atoms with Crippen molar-refractivity contribution in [2.24, 2.45) is 0 Å². The van der Waals surface area contributed by atoms with Gasteiger partial charge in [-0.15, -0.1) is 0 Å². The molecule has 0 aromatic heterocycles. The fourth-order valence-corrected chi connectivity index (χ4v) is 4.94. The molecule has 0 unspecified atom stereocenters. The zero-order valence-electron chi connectivity index (χ0n) is 17.6. The van der Waals surface area contributed by atoms with Crippen LogP contribution in [0, 0.1) is 13.8 Å². The van der Waals surface area contributed by atoms with Gasteiger partial charge in [-0.3, -0.25) is 4.79 Å². The van der Waals surface area contributed by atoms with Crippen LogP contribution in [0.15, 0.2) is 30.3 Å². The van der Waals surface area contributed by atoms with Crippen molar-refractivity contribution in [1.82, 2.24) is 0 Å². The summed E-state index contributed by atoms with van der Waals surface area (Å²) in [5.74, 6) is 0.879. The maximum absolute atomic E-state index is 13.6. The zero-order valence-corrected chi connectivity index (χ0v) is 19.1. The standard InChI is InChI=1S/C24H29Cl2NO2/c1-15(2)29-22-16(3)12-19(13-17(22)4)27-23(28)24(10-6-5-7-11-24)20-9-8-18(25)14-21(20)26/h8-9,12-15H,5-7,10-11H2,1-4H3,(H,27,28). The molecule has 156 valence electrons. The van der Waals surface area contributed by atoms with Crippen LogP contribution in [0.4, 0.5) is 5.69 Å². The Labute approximate surface area is 183 Å². The van der Waals surface area contributed by atoms with E-state index in [9.17, 15) is 4.79 Å². The molecular weight excluding hydrogens is 405 g/mol. The monoisotopic (exact) mass is 433 g/mol. The summed E-state index contributed by atoms with van der Waals surface area (Å²) in [4.78, 5) is 13.6. The van der Waals surface area contributed by atoms with Crippen LogP contribution in [-0.2, 0) is 10.2 Å². The van der Waals surface area contributed by atoms with E-state index in [2.05, 4.69) is 5.32 Å². The van der Waals surface area contributed by atoms with Crippen molar-refractivity contribution in [3.05, 3.63) is 57.1 Å². The molecule has 5 heteroatoms. The topological polar surface area (TPSA) is 38.3 Å². The number of halogens is 2. The van der Waals surface area contributed by atoms with Crippen molar-refractivity contribution >= 4 is 34.8 Å². The van der Waals surface area contributed by atoms with E-state index < -0.39 is 5.41 Å². The molecule has 1 amide bonds. The number of carbonyl (C=O) groups is 1. The number of nitrogens with one attached hydrogen (secondary N) is 1. The minimum atomic E-state index is -0.630. The van der Waals surface area contributed by atoms with Crippen molar-refractivity contribution in [2.45, 2.75) is 71.3 Å². The fourth-order valence-electron chi connectivity index (χ4n) is 4.35. The minimum absolute atomic E-state index is 0.00208. The lowest BCUT2D eigenvalue weighted by Crippen LogP contribution is -2.42. The molecule has 0 bridgehead atoms. The predicted octanol–water partition coefficient (Wildman–Crippen LogP) is 7.24. The van der Waals surface area contributed by atoms with Crippen molar-refractivity contribution < 1.29 is 9.53 Å². The summed E-state index contributed by atoms with van der Waals surface area (Å²) >= 11 is 12.6. The van der Waals surface area contributed by atoms with Gasteiger partial charge in [0.2, 0.25) is 5.91 Å². The third-order valence-electron chi connectivity index (χ3n) is 5.66. The molecule has 1 aliphatic rings. The van der Waals surface area contributed by atoms with E-state index in [-0.39, 0.29) is 12.0 Å². The van der Waals surface area contributed by atoms with Gasteiger partial charge in [0, 0.05) is 15.7 Å². The number of rotatable bonds is 5. The molecule has 0 radical (unpaired) electrons. The molecular formula is C24H29Cl2NO2. The van der Waals surface area contributed by atoms with Crippen LogP contribution in [0.5, 0.6) is 5.75 Å². The highest BCUT2D eigenvalue weighted by Gasteiger charge is 2.42. The summed E-state index contributed by atoms with van der Waals surface area (Å²) < 4.78 is 5.93. The van der Waals surface area contributed by atoms with Crippen LogP contribution in [0.25, 0.3) is 0 Å². The first-order valence-corrected chi connectivity index (χ1v) is 11.0. The molecule has 1 saturated carbocycles. The summed E-state index contributed by atoms with van der Waals surface area (Å²) in [6.07, 6.45) is 4.82. The molecule has 1 N–H and O–H groups in total. The number of benzene rings is 2. The van der Waals surface area contributed by atoms with E-state index in [0.29, 0.717) is 10.0 Å². The molecule has 0 aliphatic heterocycles. The van der Waals surface area contributed by atoms with Crippen LogP contribution in [-0.4, -0.2) is 12.0 Å². The molecule has 3 nitrogen and oxygen atoms in total. The van der Waals surface area contributed by atoms with Gasteiger partial charge in [0.05, 0.1) is 11.5 Å². The van der Waals surface area contributed by atoms with Gasteiger partial charge < -0.3 is 10.1 Å². The molecule has 0 spiro atoms. The lowest BCUT2D eigenvalue weighted by Gasteiger charge is -2.37. The molecule has 2 aromatic rings. The van der Waals surface area contributed by atoms with Crippen molar-refractivity contribution in [3.63, 3.8) is 0 Å². The number of hydrogen-bond acceptors (Lipinski definition) is 2. The number of ether oxygens (including phenoxy) is 1. The Morgan fingerprint density at radius 3 is 2.21 bits per heavy atom. The van der Waals surface area contributed by atoms with Gasteiger partial charge in [-0.05, 0) is 81.5 Å².